The van der Waals surface area contributed by atoms with Crippen LogP contribution in [0.3, 0.4) is 0 Å². The summed E-state index contributed by atoms with van der Waals surface area (Å²) in [6, 6.07) is 3.07. The van der Waals surface area contributed by atoms with Gasteiger partial charge in [0, 0.05) is 24.9 Å². The van der Waals surface area contributed by atoms with Crippen molar-refractivity contribution in [2.24, 2.45) is 5.92 Å². The van der Waals surface area contributed by atoms with E-state index >= 15 is 0 Å². The molecule has 2 atom stereocenters. The topological polar surface area (TPSA) is 93.5 Å². The average Bonchev–Trinajstić information content (AvgIpc) is 3.20. The quantitative estimate of drug-likeness (QED) is 0.755. The average molecular weight is 410 g/mol. The molecule has 2 unspecified atom stereocenters. The molecule has 1 amide bonds. The Labute approximate surface area is 162 Å². The lowest BCUT2D eigenvalue weighted by Gasteiger charge is -2.27. The number of piperidine rings is 1. The minimum absolute atomic E-state index is 0.0850. The van der Waals surface area contributed by atoms with Crippen LogP contribution in [0, 0.1) is 5.92 Å². The molecule has 2 aliphatic rings. The van der Waals surface area contributed by atoms with Crippen LogP contribution >= 0.6 is 0 Å². The summed E-state index contributed by atoms with van der Waals surface area (Å²) < 4.78 is 44.4. The summed E-state index contributed by atoms with van der Waals surface area (Å²) in [4.78, 5) is 40.5. The van der Waals surface area contributed by atoms with Gasteiger partial charge in [0.15, 0.2) is 5.65 Å². The number of carbonyl (C=O) groups excluding carboxylic acids is 2. The number of hydrogen-bond donors (Lipinski definition) is 1. The molecule has 1 aliphatic carbocycles. The number of nitrogens with zero attached hydrogens (tertiary/aromatic N) is 3. The van der Waals surface area contributed by atoms with Crippen molar-refractivity contribution in [3.8, 4) is 0 Å². The lowest BCUT2D eigenvalue weighted by molar-refractivity contribution is -0.174. The summed E-state index contributed by atoms with van der Waals surface area (Å²) in [6.45, 7) is 2.13. The van der Waals surface area contributed by atoms with Gasteiger partial charge in [0.25, 0.3) is 0 Å². The molecule has 3 heterocycles. The Hall–Kier alpha value is -3.11. The third-order valence-electron chi connectivity index (χ3n) is 5.29. The number of amides is 1. The predicted molar refractivity (Wildman–Crippen MR) is 94.9 cm³/mol. The van der Waals surface area contributed by atoms with Crippen LogP contribution in [0.25, 0.3) is 11.0 Å². The van der Waals surface area contributed by atoms with E-state index in [-0.39, 0.29) is 35.7 Å². The molecular formula is C18H17F3N4O4. The molecule has 29 heavy (non-hydrogen) atoms. The summed E-state index contributed by atoms with van der Waals surface area (Å²) in [5, 5.41) is 3.95. The molecule has 2 fully saturated rings. The van der Waals surface area contributed by atoms with E-state index in [1.54, 1.807) is 18.0 Å². The van der Waals surface area contributed by atoms with Gasteiger partial charge >= 0.3 is 18.1 Å². The highest BCUT2D eigenvalue weighted by Crippen LogP contribution is 2.49. The van der Waals surface area contributed by atoms with Crippen LogP contribution in [0.1, 0.15) is 23.7 Å². The summed E-state index contributed by atoms with van der Waals surface area (Å²) in [5.41, 5.74) is -1.45. The zero-order valence-electron chi connectivity index (χ0n) is 15.3. The summed E-state index contributed by atoms with van der Waals surface area (Å²) in [6.07, 6.45) is -1.76. The molecule has 1 N–H and O–H groups in total. The van der Waals surface area contributed by atoms with Crippen LogP contribution in [0.4, 0.5) is 13.2 Å². The first-order valence-corrected chi connectivity index (χ1v) is 8.98. The van der Waals surface area contributed by atoms with Crippen LogP contribution in [0.15, 0.2) is 29.3 Å². The van der Waals surface area contributed by atoms with E-state index in [1.807, 2.05) is 0 Å². The van der Waals surface area contributed by atoms with E-state index < -0.39 is 29.0 Å². The number of rotatable bonds is 4. The Morgan fingerprint density at radius 1 is 1.41 bits per heavy atom. The fourth-order valence-corrected chi connectivity index (χ4v) is 3.83. The van der Waals surface area contributed by atoms with Crippen LogP contribution in [0.5, 0.6) is 0 Å². The summed E-state index contributed by atoms with van der Waals surface area (Å²) in [7, 11) is 0. The smallest absolute Gasteiger partial charge is 0.462 e. The van der Waals surface area contributed by atoms with Gasteiger partial charge in [-0.1, -0.05) is 0 Å². The molecule has 0 radical (unpaired) electrons. The third kappa shape index (κ3) is 3.19. The number of aromatic nitrogens is 2. The number of hydrogen-bond acceptors (Lipinski definition) is 6. The van der Waals surface area contributed by atoms with E-state index in [4.69, 9.17) is 4.74 Å². The van der Waals surface area contributed by atoms with Gasteiger partial charge in [-0.25, -0.2) is 14.5 Å². The van der Waals surface area contributed by atoms with Crippen molar-refractivity contribution in [3.63, 3.8) is 0 Å². The Kier molecular flexibility index (Phi) is 4.28. The highest BCUT2D eigenvalue weighted by Gasteiger charge is 2.63. The lowest BCUT2D eigenvalue weighted by atomic mass is 10.2. The molecule has 154 valence electrons. The van der Waals surface area contributed by atoms with E-state index in [0.717, 1.165) is 0 Å². The van der Waals surface area contributed by atoms with Crippen molar-refractivity contribution in [2.75, 3.05) is 24.7 Å². The molecule has 2 aromatic rings. The van der Waals surface area contributed by atoms with Crippen molar-refractivity contribution in [1.29, 1.82) is 0 Å². The first kappa shape index (κ1) is 19.2. The number of carbonyl (C=O) groups is 2. The van der Waals surface area contributed by atoms with Crippen LogP contribution in [-0.4, -0.2) is 52.9 Å². The Balaban J connectivity index is 1.70. The van der Waals surface area contributed by atoms with Crippen molar-refractivity contribution in [2.45, 2.75) is 25.1 Å². The summed E-state index contributed by atoms with van der Waals surface area (Å²) >= 11 is 0. The molecule has 1 saturated heterocycles. The second-order valence-electron chi connectivity index (χ2n) is 7.17. The Morgan fingerprint density at radius 2 is 2.17 bits per heavy atom. The van der Waals surface area contributed by atoms with Crippen molar-refractivity contribution in [3.05, 3.63) is 40.3 Å². The van der Waals surface area contributed by atoms with Crippen molar-refractivity contribution >= 4 is 22.9 Å². The highest BCUT2D eigenvalue weighted by atomic mass is 19.4. The van der Waals surface area contributed by atoms with Gasteiger partial charge < -0.3 is 15.1 Å². The van der Waals surface area contributed by atoms with Gasteiger partial charge in [-0.3, -0.25) is 9.59 Å². The maximum Gasteiger partial charge on any atom is 0.471 e. The fourth-order valence-electron chi connectivity index (χ4n) is 3.83. The molecule has 1 saturated carbocycles. The first-order chi connectivity index (χ1) is 13.7. The van der Waals surface area contributed by atoms with Crippen LogP contribution in [0.2, 0.25) is 0 Å². The van der Waals surface area contributed by atoms with E-state index in [1.165, 1.54) is 23.1 Å². The largest absolute Gasteiger partial charge is 0.471 e. The van der Waals surface area contributed by atoms with E-state index in [9.17, 15) is 27.6 Å². The minimum Gasteiger partial charge on any atom is -0.462 e. The van der Waals surface area contributed by atoms with Crippen LogP contribution in [-0.2, 0) is 9.53 Å². The van der Waals surface area contributed by atoms with E-state index in [2.05, 4.69) is 10.3 Å². The Morgan fingerprint density at radius 3 is 2.86 bits per heavy atom. The number of fused-ring (bicyclic) bond motifs is 2. The Bertz CT molecular complexity index is 1070. The normalized spacial score (nSPS) is 23.0. The van der Waals surface area contributed by atoms with E-state index in [0.29, 0.717) is 13.0 Å². The maximum atomic E-state index is 12.7. The first-order valence-electron chi connectivity index (χ1n) is 8.98. The number of alkyl halides is 3. The van der Waals surface area contributed by atoms with Gasteiger partial charge in [-0.2, -0.15) is 13.2 Å². The molecule has 0 spiro atoms. The molecular weight excluding hydrogens is 393 g/mol. The molecule has 8 nitrogen and oxygen atoms in total. The van der Waals surface area contributed by atoms with Gasteiger partial charge in [-0.15, -0.1) is 0 Å². The molecule has 4 rings (SSSR count). The SMILES string of the molecule is CCOC(=O)c1cn(N2CC3CC3(NC(=O)C(F)(F)F)C2)c2ncccc2c1=O. The molecule has 2 aromatic heterocycles. The minimum atomic E-state index is -4.96. The van der Waals surface area contributed by atoms with Gasteiger partial charge in [0.05, 0.1) is 24.1 Å². The standard InChI is InChI=1S/C18H17F3N4O4/c1-2-29-15(27)12-8-25(14-11(13(12)26)4-3-5-22-14)24-7-10-6-17(10,9-24)23-16(28)18(19,20)21/h3-5,8,10H,2,6-7,9H2,1H3,(H,23,28). The van der Waals surface area contributed by atoms with Gasteiger partial charge in [-0.05, 0) is 25.5 Å². The number of esters is 1. The zero-order valence-corrected chi connectivity index (χ0v) is 15.3. The fraction of sp³-hybridized carbons (Fsp3) is 0.444. The number of nitrogens with one attached hydrogen (secondary N) is 1. The molecule has 1 aliphatic heterocycles. The van der Waals surface area contributed by atoms with Gasteiger partial charge in [0.2, 0.25) is 5.43 Å². The molecule has 0 aromatic carbocycles. The molecule has 0 bridgehead atoms. The maximum absolute atomic E-state index is 12.7. The van der Waals surface area contributed by atoms with Crippen LogP contribution < -0.4 is 15.8 Å². The number of ether oxygens (including phenoxy) is 1. The third-order valence-corrected chi connectivity index (χ3v) is 5.29. The van der Waals surface area contributed by atoms with Gasteiger partial charge in [0.1, 0.15) is 5.56 Å². The number of pyridine rings is 2. The highest BCUT2D eigenvalue weighted by molar-refractivity contribution is 5.93. The predicted octanol–water partition coefficient (Wildman–Crippen LogP) is 0.962. The van der Waals surface area contributed by atoms with Crippen molar-refractivity contribution in [1.82, 2.24) is 15.0 Å². The molecule has 11 heteroatoms. The zero-order chi connectivity index (χ0) is 21.0. The second-order valence-corrected chi connectivity index (χ2v) is 7.17. The lowest BCUT2D eigenvalue weighted by Crippen LogP contribution is -2.49. The monoisotopic (exact) mass is 410 g/mol. The number of halogens is 3. The van der Waals surface area contributed by atoms with Crippen molar-refractivity contribution < 1.29 is 27.5 Å². The summed E-state index contributed by atoms with van der Waals surface area (Å²) in [5.74, 6) is -2.93. The second kappa shape index (κ2) is 6.46.